The molecule has 1 aromatic rings. The molecule has 19 heavy (non-hydrogen) atoms. The van der Waals surface area contributed by atoms with E-state index in [2.05, 4.69) is 26.6 Å². The Labute approximate surface area is 121 Å². The van der Waals surface area contributed by atoms with Crippen molar-refractivity contribution in [2.75, 3.05) is 12.4 Å². The molecule has 1 amide bonds. The van der Waals surface area contributed by atoms with Gasteiger partial charge in [-0.15, -0.1) is 0 Å². The number of methoxy groups -OCH3 is 1. The van der Waals surface area contributed by atoms with Gasteiger partial charge < -0.3 is 15.4 Å². The van der Waals surface area contributed by atoms with Crippen LogP contribution >= 0.6 is 15.9 Å². The highest BCUT2D eigenvalue weighted by Gasteiger charge is 2.42. The van der Waals surface area contributed by atoms with Gasteiger partial charge in [-0.1, -0.05) is 15.9 Å². The number of hydrogen-bond acceptors (Lipinski definition) is 3. The minimum atomic E-state index is 0.101. The average molecular weight is 325 g/mol. The van der Waals surface area contributed by atoms with Crippen LogP contribution in [0.2, 0.25) is 0 Å². The Morgan fingerprint density at radius 1 is 1.42 bits per heavy atom. The largest absolute Gasteiger partial charge is 0.497 e. The number of carbonyl (C=O) groups excluding carboxylic acids is 1. The van der Waals surface area contributed by atoms with Gasteiger partial charge in [-0.05, 0) is 31.4 Å². The smallest absolute Gasteiger partial charge is 0.229 e. The predicted octanol–water partition coefficient (Wildman–Crippen LogP) is 2.54. The molecule has 2 fully saturated rings. The molecular formula is C14H17BrN2O2. The lowest BCUT2D eigenvalue weighted by molar-refractivity contribution is -0.120. The molecule has 1 aromatic carbocycles. The summed E-state index contributed by atoms with van der Waals surface area (Å²) in [6.07, 6.45) is 3.28. The van der Waals surface area contributed by atoms with Crippen molar-refractivity contribution < 1.29 is 9.53 Å². The maximum absolute atomic E-state index is 12.3. The van der Waals surface area contributed by atoms with E-state index in [0.29, 0.717) is 12.1 Å². The van der Waals surface area contributed by atoms with Crippen molar-refractivity contribution in [1.29, 1.82) is 0 Å². The molecule has 5 heteroatoms. The van der Waals surface area contributed by atoms with Crippen LogP contribution in [-0.2, 0) is 4.79 Å². The van der Waals surface area contributed by atoms with Crippen LogP contribution in [0, 0.1) is 5.92 Å². The Kier molecular flexibility index (Phi) is 3.50. The Morgan fingerprint density at radius 2 is 2.26 bits per heavy atom. The summed E-state index contributed by atoms with van der Waals surface area (Å²) < 4.78 is 6.09. The molecule has 2 heterocycles. The molecule has 2 saturated heterocycles. The number of amides is 1. The summed E-state index contributed by atoms with van der Waals surface area (Å²) >= 11 is 3.42. The highest BCUT2D eigenvalue weighted by atomic mass is 79.9. The van der Waals surface area contributed by atoms with Crippen molar-refractivity contribution >= 4 is 27.5 Å². The van der Waals surface area contributed by atoms with Crippen molar-refractivity contribution in [3.63, 3.8) is 0 Å². The first kappa shape index (κ1) is 12.9. The first-order valence-corrected chi connectivity index (χ1v) is 7.36. The van der Waals surface area contributed by atoms with Gasteiger partial charge in [0.25, 0.3) is 0 Å². The average Bonchev–Trinajstić information content (AvgIpc) is 3.00. The fourth-order valence-electron chi connectivity index (χ4n) is 3.10. The Morgan fingerprint density at radius 3 is 2.89 bits per heavy atom. The molecule has 2 N–H and O–H groups in total. The van der Waals surface area contributed by atoms with Crippen molar-refractivity contribution in [1.82, 2.24) is 5.32 Å². The summed E-state index contributed by atoms with van der Waals surface area (Å²) in [5.74, 6) is 0.944. The molecule has 2 aliphatic rings. The van der Waals surface area contributed by atoms with Crippen LogP contribution in [0.15, 0.2) is 22.7 Å². The third kappa shape index (κ3) is 2.62. The van der Waals surface area contributed by atoms with E-state index in [0.717, 1.165) is 28.8 Å². The number of ether oxygens (including phenoxy) is 1. The van der Waals surface area contributed by atoms with E-state index in [1.807, 2.05) is 18.2 Å². The molecule has 3 rings (SSSR count). The zero-order valence-electron chi connectivity index (χ0n) is 10.8. The molecule has 0 radical (unpaired) electrons. The van der Waals surface area contributed by atoms with Crippen LogP contribution in [0.5, 0.6) is 5.75 Å². The number of fused-ring (bicyclic) bond motifs is 2. The van der Waals surface area contributed by atoms with E-state index < -0.39 is 0 Å². The predicted molar refractivity (Wildman–Crippen MR) is 77.4 cm³/mol. The fourth-order valence-corrected chi connectivity index (χ4v) is 3.57. The quantitative estimate of drug-likeness (QED) is 0.898. The van der Waals surface area contributed by atoms with Crippen LogP contribution in [0.4, 0.5) is 5.69 Å². The number of hydrogen-bond donors (Lipinski definition) is 2. The zero-order chi connectivity index (χ0) is 13.4. The fraction of sp³-hybridized carbons (Fsp3) is 0.500. The topological polar surface area (TPSA) is 50.4 Å². The summed E-state index contributed by atoms with van der Waals surface area (Å²) in [6.45, 7) is 0. The van der Waals surface area contributed by atoms with Gasteiger partial charge in [0.2, 0.25) is 5.91 Å². The van der Waals surface area contributed by atoms with E-state index in [-0.39, 0.29) is 11.8 Å². The van der Waals surface area contributed by atoms with E-state index in [4.69, 9.17) is 4.74 Å². The van der Waals surface area contributed by atoms with Gasteiger partial charge in [-0.3, -0.25) is 4.79 Å². The molecule has 102 valence electrons. The van der Waals surface area contributed by atoms with Crippen LogP contribution in [0.25, 0.3) is 0 Å². The van der Waals surface area contributed by atoms with Crippen molar-refractivity contribution in [2.24, 2.45) is 5.92 Å². The van der Waals surface area contributed by atoms with Gasteiger partial charge in [-0.25, -0.2) is 0 Å². The van der Waals surface area contributed by atoms with Crippen molar-refractivity contribution in [3.8, 4) is 5.75 Å². The zero-order valence-corrected chi connectivity index (χ0v) is 12.4. The van der Waals surface area contributed by atoms with Gasteiger partial charge >= 0.3 is 0 Å². The number of rotatable bonds is 3. The van der Waals surface area contributed by atoms with Crippen molar-refractivity contribution in [3.05, 3.63) is 22.7 Å². The number of halogens is 1. The standard InChI is InChI=1S/C14H17BrN2O2/c1-19-11-5-8(15)4-10(6-11)17-14(18)12-7-9-2-3-13(12)16-9/h4-6,9,12-13,16H,2-3,7H2,1H3,(H,17,18). The SMILES string of the molecule is COc1cc(Br)cc(NC(=O)C2CC3CCC2N3)c1. The minimum absolute atomic E-state index is 0.101. The maximum Gasteiger partial charge on any atom is 0.229 e. The molecule has 0 spiro atoms. The van der Waals surface area contributed by atoms with Gasteiger partial charge in [-0.2, -0.15) is 0 Å². The number of carbonyl (C=O) groups is 1. The van der Waals surface area contributed by atoms with Gasteiger partial charge in [0.1, 0.15) is 5.75 Å². The first-order chi connectivity index (χ1) is 9.15. The van der Waals surface area contributed by atoms with E-state index in [9.17, 15) is 4.79 Å². The summed E-state index contributed by atoms with van der Waals surface area (Å²) in [6, 6.07) is 6.50. The molecule has 0 aliphatic carbocycles. The monoisotopic (exact) mass is 324 g/mol. The Hall–Kier alpha value is -1.07. The normalized spacial score (nSPS) is 28.4. The molecule has 2 aliphatic heterocycles. The summed E-state index contributed by atoms with van der Waals surface area (Å²) in [7, 11) is 1.62. The molecule has 2 bridgehead atoms. The van der Waals surface area contributed by atoms with Gasteiger partial charge in [0.05, 0.1) is 13.0 Å². The second-order valence-electron chi connectivity index (χ2n) is 5.26. The van der Waals surface area contributed by atoms with Crippen LogP contribution in [0.1, 0.15) is 19.3 Å². The second-order valence-corrected chi connectivity index (χ2v) is 6.17. The van der Waals surface area contributed by atoms with E-state index in [1.165, 1.54) is 6.42 Å². The molecule has 3 atom stereocenters. The summed E-state index contributed by atoms with van der Waals surface area (Å²) in [4.78, 5) is 12.3. The van der Waals surface area contributed by atoms with E-state index >= 15 is 0 Å². The van der Waals surface area contributed by atoms with Gasteiger partial charge in [0.15, 0.2) is 0 Å². The highest BCUT2D eigenvalue weighted by Crippen LogP contribution is 2.34. The summed E-state index contributed by atoms with van der Waals surface area (Å²) in [5.41, 5.74) is 0.777. The highest BCUT2D eigenvalue weighted by molar-refractivity contribution is 9.10. The third-order valence-corrected chi connectivity index (χ3v) is 4.47. The first-order valence-electron chi connectivity index (χ1n) is 6.57. The molecule has 0 aromatic heterocycles. The molecule has 4 nitrogen and oxygen atoms in total. The third-order valence-electron chi connectivity index (χ3n) is 4.01. The minimum Gasteiger partial charge on any atom is -0.497 e. The number of anilines is 1. The molecule has 0 saturated carbocycles. The lowest BCUT2D eigenvalue weighted by Gasteiger charge is -2.19. The van der Waals surface area contributed by atoms with Crippen LogP contribution in [-0.4, -0.2) is 25.1 Å². The number of nitrogens with one attached hydrogen (secondary N) is 2. The van der Waals surface area contributed by atoms with E-state index in [1.54, 1.807) is 7.11 Å². The Bertz CT molecular complexity index is 506. The van der Waals surface area contributed by atoms with Gasteiger partial charge in [0, 0.05) is 28.3 Å². The lowest BCUT2D eigenvalue weighted by Crippen LogP contribution is -2.32. The molecule has 3 unspecified atom stereocenters. The van der Waals surface area contributed by atoms with Crippen LogP contribution < -0.4 is 15.4 Å². The maximum atomic E-state index is 12.3. The van der Waals surface area contributed by atoms with Crippen LogP contribution in [0.3, 0.4) is 0 Å². The van der Waals surface area contributed by atoms with Crippen molar-refractivity contribution in [2.45, 2.75) is 31.3 Å². The molecular weight excluding hydrogens is 308 g/mol. The second kappa shape index (κ2) is 5.13. The lowest BCUT2D eigenvalue weighted by atomic mass is 9.88. The Balaban J connectivity index is 1.71. The number of benzene rings is 1. The summed E-state index contributed by atoms with van der Waals surface area (Å²) in [5, 5.41) is 6.48.